The van der Waals surface area contributed by atoms with Gasteiger partial charge in [-0.15, -0.1) is 0 Å². The summed E-state index contributed by atoms with van der Waals surface area (Å²) in [7, 11) is -4.00. The van der Waals surface area contributed by atoms with Crippen LogP contribution in [0.15, 0.2) is 23.8 Å². The molecule has 0 aromatic heterocycles. The Morgan fingerprint density at radius 3 is 1.90 bits per heavy atom. The molecule has 0 aromatic rings. The van der Waals surface area contributed by atoms with Gasteiger partial charge in [-0.3, -0.25) is 0 Å². The van der Waals surface area contributed by atoms with Crippen LogP contribution in [0, 0.1) is 0 Å². The van der Waals surface area contributed by atoms with E-state index in [0.717, 1.165) is 25.7 Å². The van der Waals surface area contributed by atoms with E-state index in [2.05, 4.69) is 18.2 Å². The van der Waals surface area contributed by atoms with Crippen molar-refractivity contribution in [2.45, 2.75) is 70.6 Å². The minimum atomic E-state index is -4.00. The zero-order chi connectivity index (χ0) is 14.7. The van der Waals surface area contributed by atoms with Gasteiger partial charge in [0.2, 0.25) is 0 Å². The summed E-state index contributed by atoms with van der Waals surface area (Å²) < 4.78 is 31.2. The third-order valence-corrected chi connectivity index (χ3v) is 4.53. The summed E-state index contributed by atoms with van der Waals surface area (Å²) in [6, 6.07) is 0. The molecule has 0 bridgehead atoms. The Morgan fingerprint density at radius 2 is 1.43 bits per heavy atom. The van der Waals surface area contributed by atoms with Crippen molar-refractivity contribution in [2.75, 3.05) is 5.75 Å². The number of hydrogen-bond acceptors (Lipinski definition) is 3. The van der Waals surface area contributed by atoms with Gasteiger partial charge in [0.05, 0.1) is 10.1 Å². The molecule has 0 heterocycles. The van der Waals surface area contributed by atoms with Crippen molar-refractivity contribution in [3.63, 3.8) is 0 Å². The van der Waals surface area contributed by atoms with E-state index in [1.807, 2.05) is 0 Å². The van der Waals surface area contributed by atoms with Crippen molar-refractivity contribution in [1.82, 2.24) is 0 Å². The summed E-state index contributed by atoms with van der Waals surface area (Å²) >= 11 is 0. The van der Waals surface area contributed by atoms with Crippen molar-refractivity contribution in [3.8, 4) is 0 Å². The average Bonchev–Trinajstić information content (AvgIpc) is 2.87. The fraction of sp³-hybridized carbons (Fsp3) is 0.750. The molecule has 0 atom stereocenters. The van der Waals surface area contributed by atoms with Gasteiger partial charge in [0.25, 0.3) is 0 Å². The molecule has 5 heteroatoms. The monoisotopic (exact) mass is 322 g/mol. The SMILES string of the molecule is O=S(=O)([O-])CCCCCCCCCCCC1=CC=CC1.[Na+]. The fourth-order valence-electron chi connectivity index (χ4n) is 2.55. The summed E-state index contributed by atoms with van der Waals surface area (Å²) in [5.74, 6) is -0.197. The van der Waals surface area contributed by atoms with E-state index < -0.39 is 10.1 Å². The van der Waals surface area contributed by atoms with Crippen LogP contribution in [-0.4, -0.2) is 18.7 Å². The number of hydrogen-bond donors (Lipinski definition) is 0. The Bertz CT molecular complexity index is 413. The molecule has 0 aliphatic heterocycles. The van der Waals surface area contributed by atoms with E-state index in [0.29, 0.717) is 6.42 Å². The normalized spacial score (nSPS) is 14.0. The van der Waals surface area contributed by atoms with Gasteiger partial charge in [0.15, 0.2) is 0 Å². The van der Waals surface area contributed by atoms with Crippen LogP contribution in [0.1, 0.15) is 70.6 Å². The van der Waals surface area contributed by atoms with Gasteiger partial charge >= 0.3 is 29.6 Å². The Hall–Kier alpha value is 0.390. The van der Waals surface area contributed by atoms with Crippen molar-refractivity contribution in [3.05, 3.63) is 23.8 Å². The molecule has 21 heavy (non-hydrogen) atoms. The second kappa shape index (κ2) is 12.9. The van der Waals surface area contributed by atoms with Crippen molar-refractivity contribution in [2.24, 2.45) is 0 Å². The van der Waals surface area contributed by atoms with E-state index in [9.17, 15) is 13.0 Å². The van der Waals surface area contributed by atoms with Crippen LogP contribution in [-0.2, 0) is 10.1 Å². The van der Waals surface area contributed by atoms with E-state index in [1.54, 1.807) is 5.57 Å². The predicted octanol–water partition coefficient (Wildman–Crippen LogP) is 1.32. The predicted molar refractivity (Wildman–Crippen MR) is 82.6 cm³/mol. The van der Waals surface area contributed by atoms with Crippen LogP contribution in [0.2, 0.25) is 0 Å². The second-order valence-electron chi connectivity index (χ2n) is 5.65. The number of rotatable bonds is 12. The zero-order valence-electron chi connectivity index (χ0n) is 13.4. The molecular formula is C16H27NaO3S. The Kier molecular flexibility index (Phi) is 13.1. The van der Waals surface area contributed by atoms with Crippen LogP contribution in [0.25, 0.3) is 0 Å². The molecule has 0 unspecified atom stereocenters. The van der Waals surface area contributed by atoms with Gasteiger partial charge in [0.1, 0.15) is 0 Å². The van der Waals surface area contributed by atoms with E-state index in [-0.39, 0.29) is 35.3 Å². The van der Waals surface area contributed by atoms with Crippen molar-refractivity contribution < 1.29 is 42.5 Å². The Balaban J connectivity index is 0.00000400. The second-order valence-corrected chi connectivity index (χ2v) is 7.17. The minimum Gasteiger partial charge on any atom is -0.748 e. The van der Waals surface area contributed by atoms with Crippen LogP contribution < -0.4 is 29.6 Å². The largest absolute Gasteiger partial charge is 1.00 e. The number of unbranched alkanes of at least 4 members (excludes halogenated alkanes) is 8. The first-order chi connectivity index (χ1) is 9.58. The molecule has 0 saturated heterocycles. The molecule has 0 amide bonds. The molecule has 1 aliphatic carbocycles. The van der Waals surface area contributed by atoms with Crippen molar-refractivity contribution >= 4 is 10.1 Å². The van der Waals surface area contributed by atoms with E-state index in [4.69, 9.17) is 0 Å². The maximum Gasteiger partial charge on any atom is 1.00 e. The summed E-state index contributed by atoms with van der Waals surface area (Å²) in [4.78, 5) is 0. The topological polar surface area (TPSA) is 57.2 Å². The smallest absolute Gasteiger partial charge is 0.748 e. The summed E-state index contributed by atoms with van der Waals surface area (Å²) in [5, 5.41) is 0. The average molecular weight is 322 g/mol. The standard InChI is InChI=1S/C16H28O3S.Na/c17-20(18,19)15-11-7-5-3-1-2-4-6-8-12-16-13-9-10-14-16;/h9-10,13H,1-8,11-12,14-15H2,(H,17,18,19);/q;+1/p-1. The Labute approximate surface area is 152 Å². The van der Waals surface area contributed by atoms with Gasteiger partial charge < -0.3 is 4.55 Å². The molecular weight excluding hydrogens is 295 g/mol. The molecule has 116 valence electrons. The molecule has 0 aromatic carbocycles. The van der Waals surface area contributed by atoms with Gasteiger partial charge in [-0.25, -0.2) is 8.42 Å². The van der Waals surface area contributed by atoms with Crippen LogP contribution >= 0.6 is 0 Å². The molecule has 0 N–H and O–H groups in total. The summed E-state index contributed by atoms with van der Waals surface area (Å²) in [5.41, 5.74) is 1.57. The van der Waals surface area contributed by atoms with Gasteiger partial charge in [0, 0.05) is 5.75 Å². The first-order valence-electron chi connectivity index (χ1n) is 7.86. The van der Waals surface area contributed by atoms with E-state index in [1.165, 1.54) is 38.5 Å². The summed E-state index contributed by atoms with van der Waals surface area (Å²) in [6.45, 7) is 0. The molecule has 0 saturated carbocycles. The maximum absolute atomic E-state index is 10.4. The first-order valence-corrected chi connectivity index (χ1v) is 9.44. The third kappa shape index (κ3) is 13.8. The molecule has 0 radical (unpaired) electrons. The van der Waals surface area contributed by atoms with Gasteiger partial charge in [-0.05, 0) is 25.7 Å². The minimum absolute atomic E-state index is 0. The van der Waals surface area contributed by atoms with Gasteiger partial charge in [-0.1, -0.05) is 68.7 Å². The maximum atomic E-state index is 10.4. The third-order valence-electron chi connectivity index (χ3n) is 3.74. The van der Waals surface area contributed by atoms with E-state index >= 15 is 0 Å². The van der Waals surface area contributed by atoms with Crippen LogP contribution in [0.4, 0.5) is 0 Å². The molecule has 1 aliphatic rings. The molecule has 0 spiro atoms. The molecule has 0 fully saturated rings. The van der Waals surface area contributed by atoms with Crippen LogP contribution in [0.5, 0.6) is 0 Å². The quantitative estimate of drug-likeness (QED) is 0.309. The first kappa shape index (κ1) is 21.4. The zero-order valence-corrected chi connectivity index (χ0v) is 16.2. The number of allylic oxidation sites excluding steroid dienone is 4. The van der Waals surface area contributed by atoms with Crippen LogP contribution in [0.3, 0.4) is 0 Å². The molecule has 1 rings (SSSR count). The van der Waals surface area contributed by atoms with Crippen molar-refractivity contribution in [1.29, 1.82) is 0 Å². The Morgan fingerprint density at radius 1 is 0.905 bits per heavy atom. The van der Waals surface area contributed by atoms with Gasteiger partial charge in [-0.2, -0.15) is 0 Å². The fourth-order valence-corrected chi connectivity index (χ4v) is 3.10. The summed E-state index contributed by atoms with van der Waals surface area (Å²) in [6.07, 6.45) is 19.0. The molecule has 3 nitrogen and oxygen atoms in total.